The van der Waals surface area contributed by atoms with Gasteiger partial charge >= 0.3 is 13.7 Å². The molecule has 0 heterocycles. The summed E-state index contributed by atoms with van der Waals surface area (Å²) >= 11 is 0. The van der Waals surface area contributed by atoms with Crippen molar-refractivity contribution in [2.75, 3.05) is 13.2 Å². The van der Waals surface area contributed by atoms with Crippen molar-refractivity contribution in [2.45, 2.75) is 58.8 Å². The van der Waals surface area contributed by atoms with Crippen LogP contribution < -0.4 is 14.1 Å². The van der Waals surface area contributed by atoms with Crippen LogP contribution in [-0.2, 0) is 19.5 Å². The number of benzene rings is 2. The van der Waals surface area contributed by atoms with E-state index in [9.17, 15) is 31.3 Å². The number of ether oxygens (including phenoxy) is 1. The van der Waals surface area contributed by atoms with Crippen LogP contribution in [0.5, 0.6) is 11.5 Å². The number of unbranched alkanes of at least 4 members (excludes halogenated alkanes) is 3. The molecule has 0 saturated carbocycles. The predicted octanol–water partition coefficient (Wildman–Crippen LogP) is 6.96. The van der Waals surface area contributed by atoms with E-state index in [-0.39, 0.29) is 17.8 Å². The maximum atomic E-state index is 14.2. The molecule has 1 N–H and O–H groups in total. The third kappa shape index (κ3) is 7.93. The summed E-state index contributed by atoms with van der Waals surface area (Å²) in [5.74, 6) is -14.5. The van der Waals surface area contributed by atoms with Crippen molar-refractivity contribution in [2.24, 2.45) is 0 Å². The van der Waals surface area contributed by atoms with Crippen LogP contribution in [0.25, 0.3) is 0 Å². The minimum Gasteiger partial charge on any atom is -0.465 e. The molecule has 0 aliphatic rings. The van der Waals surface area contributed by atoms with Gasteiger partial charge in [-0.1, -0.05) is 59.1 Å². The molecular formula is C24H29F5NO5P. The fraction of sp³-hybridized carbons (Fsp3) is 0.458. The van der Waals surface area contributed by atoms with Crippen LogP contribution >= 0.6 is 7.75 Å². The zero-order valence-electron chi connectivity index (χ0n) is 20.4. The topological polar surface area (TPSA) is 73.9 Å². The predicted molar refractivity (Wildman–Crippen MR) is 123 cm³/mol. The maximum Gasteiger partial charge on any atom is 0.513 e. The van der Waals surface area contributed by atoms with Crippen LogP contribution in [0.15, 0.2) is 24.3 Å². The molecule has 36 heavy (non-hydrogen) atoms. The van der Waals surface area contributed by atoms with Gasteiger partial charge in [-0.05, 0) is 29.5 Å². The van der Waals surface area contributed by atoms with Gasteiger partial charge in [0.1, 0.15) is 12.3 Å². The molecule has 200 valence electrons. The Bertz CT molecular complexity index is 1080. The Labute approximate surface area is 206 Å². The van der Waals surface area contributed by atoms with E-state index in [1.54, 1.807) is 12.1 Å². The summed E-state index contributed by atoms with van der Waals surface area (Å²) in [6.07, 6.45) is 3.34. The number of esters is 1. The molecule has 0 fully saturated rings. The lowest BCUT2D eigenvalue weighted by atomic mass is 9.87. The summed E-state index contributed by atoms with van der Waals surface area (Å²) in [4.78, 5) is 12.0. The summed E-state index contributed by atoms with van der Waals surface area (Å²) in [7, 11) is -4.92. The third-order valence-electron chi connectivity index (χ3n) is 5.00. The molecule has 0 aromatic heterocycles. The van der Waals surface area contributed by atoms with E-state index in [0.717, 1.165) is 24.8 Å². The van der Waals surface area contributed by atoms with Crippen molar-refractivity contribution >= 4 is 13.7 Å². The highest BCUT2D eigenvalue weighted by Gasteiger charge is 2.36. The average Bonchev–Trinajstić information content (AvgIpc) is 2.83. The van der Waals surface area contributed by atoms with Gasteiger partial charge in [-0.2, -0.15) is 13.9 Å². The lowest BCUT2D eigenvalue weighted by Crippen LogP contribution is -2.27. The Hall–Kier alpha value is -2.65. The number of nitrogens with one attached hydrogen (secondary N) is 1. The van der Waals surface area contributed by atoms with E-state index in [2.05, 4.69) is 5.09 Å². The van der Waals surface area contributed by atoms with Gasteiger partial charge in [-0.25, -0.2) is 17.7 Å². The van der Waals surface area contributed by atoms with E-state index in [0.29, 0.717) is 6.42 Å². The normalized spacial score (nSPS) is 13.2. The first-order valence-corrected chi connectivity index (χ1v) is 12.8. The van der Waals surface area contributed by atoms with Gasteiger partial charge in [-0.3, -0.25) is 4.79 Å². The second-order valence-corrected chi connectivity index (χ2v) is 10.6. The van der Waals surface area contributed by atoms with Gasteiger partial charge < -0.3 is 13.8 Å². The zero-order chi connectivity index (χ0) is 27.1. The molecule has 2 aromatic rings. The molecule has 1 unspecified atom stereocenters. The van der Waals surface area contributed by atoms with Crippen LogP contribution in [-0.4, -0.2) is 19.1 Å². The lowest BCUT2D eigenvalue weighted by molar-refractivity contribution is -0.142. The molecule has 0 spiro atoms. The molecule has 0 radical (unpaired) electrons. The second kappa shape index (κ2) is 12.5. The molecule has 2 rings (SSSR count). The molecule has 0 bridgehead atoms. The van der Waals surface area contributed by atoms with Crippen LogP contribution in [0.1, 0.15) is 58.9 Å². The number of rotatable bonds is 12. The molecule has 2 aromatic carbocycles. The molecule has 0 amide bonds. The minimum atomic E-state index is -4.92. The number of hydrogen-bond acceptors (Lipinski definition) is 5. The summed E-state index contributed by atoms with van der Waals surface area (Å²) in [6, 6.07) is 6.01. The molecule has 0 aliphatic carbocycles. The van der Waals surface area contributed by atoms with Crippen molar-refractivity contribution in [3.8, 4) is 11.5 Å². The quantitative estimate of drug-likeness (QED) is 0.0788. The maximum absolute atomic E-state index is 14.2. The fourth-order valence-electron chi connectivity index (χ4n) is 2.95. The first-order valence-electron chi connectivity index (χ1n) is 11.3. The number of carbonyl (C=O) groups is 1. The van der Waals surface area contributed by atoms with Crippen LogP contribution in [0, 0.1) is 29.1 Å². The van der Waals surface area contributed by atoms with Crippen molar-refractivity contribution in [3.05, 3.63) is 58.9 Å². The minimum absolute atomic E-state index is 0.0818. The van der Waals surface area contributed by atoms with Crippen LogP contribution in [0.3, 0.4) is 0 Å². The number of halogens is 5. The van der Waals surface area contributed by atoms with Gasteiger partial charge in [-0.15, -0.1) is 0 Å². The van der Waals surface area contributed by atoms with Gasteiger partial charge in [0, 0.05) is 0 Å². The Morgan fingerprint density at radius 2 is 1.42 bits per heavy atom. The van der Waals surface area contributed by atoms with E-state index < -0.39 is 55.1 Å². The van der Waals surface area contributed by atoms with E-state index in [4.69, 9.17) is 13.8 Å². The second-order valence-electron chi connectivity index (χ2n) is 8.97. The van der Waals surface area contributed by atoms with Crippen LogP contribution in [0.4, 0.5) is 22.0 Å². The highest BCUT2D eigenvalue weighted by molar-refractivity contribution is 7.52. The first kappa shape index (κ1) is 29.6. The smallest absolute Gasteiger partial charge is 0.465 e. The van der Waals surface area contributed by atoms with Crippen molar-refractivity contribution < 1.29 is 45.1 Å². The average molecular weight is 537 g/mol. The molecule has 1 atom stereocenters. The first-order chi connectivity index (χ1) is 16.8. The summed E-state index contributed by atoms with van der Waals surface area (Å²) in [6.45, 7) is 7.12. The summed E-state index contributed by atoms with van der Waals surface area (Å²) in [5.41, 5.74) is 0.623. The lowest BCUT2D eigenvalue weighted by Gasteiger charge is -2.22. The van der Waals surface area contributed by atoms with Crippen molar-refractivity contribution in [1.29, 1.82) is 0 Å². The largest absolute Gasteiger partial charge is 0.513 e. The van der Waals surface area contributed by atoms with Gasteiger partial charge in [0.05, 0.1) is 6.61 Å². The Kier molecular flexibility index (Phi) is 10.3. The number of carbonyl (C=O) groups excluding carboxylic acids is 1. The Morgan fingerprint density at radius 1 is 0.861 bits per heavy atom. The molecule has 6 nitrogen and oxygen atoms in total. The van der Waals surface area contributed by atoms with Gasteiger partial charge in [0.25, 0.3) is 0 Å². The van der Waals surface area contributed by atoms with Crippen LogP contribution in [0.2, 0.25) is 0 Å². The highest BCUT2D eigenvalue weighted by Crippen LogP contribution is 2.47. The van der Waals surface area contributed by atoms with Crippen molar-refractivity contribution in [1.82, 2.24) is 5.09 Å². The SMILES string of the molecule is CCCCCCOC(=O)CNP(=O)(Oc1ccc(C(C)(C)C)cc1)Oc1c(F)c(F)c(F)c(F)c1F. The standard InChI is InChI=1S/C24H29F5NO5P/c1-5-6-7-8-13-33-17(31)14-30-36(32,34-16-11-9-15(10-12-16)24(2,3)4)35-23-21(28)19(26)18(25)20(27)22(23)29/h9-12H,5-8,13-14H2,1-4H3,(H,30,32). The summed E-state index contributed by atoms with van der Waals surface area (Å²) < 4.78 is 97.3. The monoisotopic (exact) mass is 537 g/mol. The molecule has 12 heteroatoms. The molecular weight excluding hydrogens is 508 g/mol. The van der Waals surface area contributed by atoms with Crippen molar-refractivity contribution in [3.63, 3.8) is 0 Å². The molecule has 0 aliphatic heterocycles. The molecule has 0 saturated heterocycles. The fourth-order valence-corrected chi connectivity index (χ4v) is 4.24. The number of hydrogen-bond donors (Lipinski definition) is 1. The highest BCUT2D eigenvalue weighted by atomic mass is 31.2. The zero-order valence-corrected chi connectivity index (χ0v) is 21.3. The third-order valence-corrected chi connectivity index (χ3v) is 6.42. The van der Waals surface area contributed by atoms with Gasteiger partial charge in [0.2, 0.25) is 34.8 Å². The van der Waals surface area contributed by atoms with Gasteiger partial charge in [0.15, 0.2) is 0 Å². The Morgan fingerprint density at radius 3 is 1.94 bits per heavy atom. The summed E-state index contributed by atoms with van der Waals surface area (Å²) in [5, 5.41) is 2.06. The Balaban J connectivity index is 2.28. The van der Waals surface area contributed by atoms with E-state index in [1.165, 1.54) is 12.1 Å². The van der Waals surface area contributed by atoms with E-state index >= 15 is 0 Å². The van der Waals surface area contributed by atoms with E-state index in [1.807, 2.05) is 27.7 Å².